The maximum Gasteiger partial charge on any atom is 0.328 e. The molecule has 3 saturated heterocycles. The second-order valence-electron chi connectivity index (χ2n) is 16.4. The van der Waals surface area contributed by atoms with Crippen LogP contribution in [0, 0.1) is 5.92 Å². The minimum absolute atomic E-state index is 0.0250. The number of carbonyl (C=O) groups is 9. The highest BCUT2D eigenvalue weighted by molar-refractivity contribution is 6.03. The smallest absolute Gasteiger partial charge is 0.328 e. The third kappa shape index (κ3) is 13.2. The Kier molecular flexibility index (Phi) is 17.3. The first-order chi connectivity index (χ1) is 31.0. The zero-order chi connectivity index (χ0) is 47.2. The molecule has 1 unspecified atom stereocenters. The number of fused-ring (bicyclic) bond motifs is 2. The van der Waals surface area contributed by atoms with Crippen molar-refractivity contribution < 1.29 is 53.0 Å². The van der Waals surface area contributed by atoms with E-state index in [1.807, 2.05) is 6.92 Å². The quantitative estimate of drug-likeness (QED) is 0.114. The number of aliphatic hydroxyl groups is 1. The molecule has 65 heavy (non-hydrogen) atoms. The Morgan fingerprint density at radius 2 is 1.48 bits per heavy atom. The molecule has 0 spiro atoms. The summed E-state index contributed by atoms with van der Waals surface area (Å²) in [6, 6.07) is 2.15. The molecule has 3 aliphatic heterocycles. The molecule has 0 radical (unpaired) electrons. The largest absolute Gasteiger partial charge is 0.510 e. The molecule has 1 aromatic rings. The topological polar surface area (TPSA) is 241 Å². The molecule has 5 N–H and O–H groups in total. The van der Waals surface area contributed by atoms with Gasteiger partial charge in [0.1, 0.15) is 54.3 Å². The van der Waals surface area contributed by atoms with Gasteiger partial charge in [0.15, 0.2) is 5.78 Å². The Hall–Kier alpha value is -7.11. The van der Waals surface area contributed by atoms with Crippen molar-refractivity contribution in [1.29, 1.82) is 0 Å². The fourth-order valence-electron chi connectivity index (χ4n) is 7.85. The van der Waals surface area contributed by atoms with Crippen LogP contribution < -0.4 is 21.3 Å². The molecule has 0 saturated carbocycles. The highest BCUT2D eigenvalue weighted by Gasteiger charge is 2.44. The van der Waals surface area contributed by atoms with E-state index in [0.717, 1.165) is 0 Å². The van der Waals surface area contributed by atoms with Crippen LogP contribution in [0.25, 0.3) is 0 Å². The van der Waals surface area contributed by atoms with Crippen LogP contribution in [0.15, 0.2) is 103 Å². The molecule has 18 nitrogen and oxygen atoms in total. The number of Topliss-reactive ketones (excluding diaryl/α,β-unsaturated/α-hetero) is 1. The number of allylic oxidation sites excluding steroid dienone is 10. The lowest BCUT2D eigenvalue weighted by atomic mass is 10.0. The number of hydrogen-bond acceptors (Lipinski definition) is 11. The van der Waals surface area contributed by atoms with Crippen LogP contribution in [0.2, 0.25) is 0 Å². The molecule has 346 valence electrons. The normalized spacial score (nSPS) is 25.6. The van der Waals surface area contributed by atoms with E-state index >= 15 is 0 Å². The van der Waals surface area contributed by atoms with Crippen molar-refractivity contribution in [3.63, 3.8) is 0 Å². The summed E-state index contributed by atoms with van der Waals surface area (Å²) < 4.78 is 5.70. The van der Waals surface area contributed by atoms with Crippen LogP contribution in [-0.2, 0) is 54.3 Å². The van der Waals surface area contributed by atoms with E-state index in [9.17, 15) is 48.3 Å². The number of hydrogen-bond donors (Lipinski definition) is 5. The van der Waals surface area contributed by atoms with Gasteiger partial charge in [-0.15, -0.1) is 0 Å². The van der Waals surface area contributed by atoms with Gasteiger partial charge in [0.2, 0.25) is 41.4 Å². The first kappa shape index (κ1) is 48.9. The Morgan fingerprint density at radius 3 is 2.12 bits per heavy atom. The molecule has 3 fully saturated rings. The minimum Gasteiger partial charge on any atom is -0.510 e. The van der Waals surface area contributed by atoms with Crippen molar-refractivity contribution in [1.82, 2.24) is 36.0 Å². The number of benzene rings is 1. The molecule has 1 aliphatic carbocycles. The van der Waals surface area contributed by atoms with Crippen molar-refractivity contribution in [3.05, 3.63) is 108 Å². The predicted molar refractivity (Wildman–Crippen MR) is 237 cm³/mol. The average Bonchev–Trinajstić information content (AvgIpc) is 4.02. The number of esters is 1. The van der Waals surface area contributed by atoms with Crippen LogP contribution >= 0.6 is 0 Å². The third-order valence-corrected chi connectivity index (χ3v) is 11.5. The van der Waals surface area contributed by atoms with Crippen LogP contribution in [0.5, 0.6) is 0 Å². The maximum atomic E-state index is 14.4. The standard InChI is InChI=1S/C47H57N7O11/c1-29-25-36-47(64)65-28-34(45(62)53-24-16-19-35(53)46(63)52(4)31(3)42(59)48-30(2)44(61)54(36)27-29)50-43(60)33(26-32-17-12-11-13-18-32)49-39(57)20-14-9-7-5-6-8-10-15-21-40(58)51-41-37(55)22-23-38(41)56/h5-15,17-18,20-21,29-31,33-36,55H,16,19,22-28H2,1-4H3,(H,48,59)(H,49,57)(H,50,60)(H,51,58)/b6-5+,9-7+,10-8+,20-14+,21-15+/t29-,30+,31+,33+,34+,35?,36+/m1/s1. The average molecular weight is 896 g/mol. The Bertz CT molecular complexity index is 2200. The molecule has 0 aromatic heterocycles. The monoisotopic (exact) mass is 895 g/mol. The predicted octanol–water partition coefficient (Wildman–Crippen LogP) is 1.36. The summed E-state index contributed by atoms with van der Waals surface area (Å²) in [7, 11) is 1.44. The summed E-state index contributed by atoms with van der Waals surface area (Å²) >= 11 is 0. The summed E-state index contributed by atoms with van der Waals surface area (Å²) in [5, 5.41) is 20.1. The molecule has 0 bridgehead atoms. The second kappa shape index (κ2) is 23.0. The van der Waals surface area contributed by atoms with Crippen LogP contribution in [-0.4, -0.2) is 136 Å². The lowest BCUT2D eigenvalue weighted by Gasteiger charge is -2.34. The number of ether oxygens (including phenoxy) is 1. The number of nitrogens with one attached hydrogen (secondary N) is 4. The SMILES string of the molecule is C[C@@H]1C[C@H]2C(=O)OC[C@H](NC(=O)[C@H](Cc3ccccc3)NC(=O)/C=C/C=C/C=C/C=C/C=C/C(=O)NC3=C(O)CCC3=O)C(=O)N3CCCC3C(=O)N(C)[C@@H](C)C(=O)N[C@@H](C)C(=O)N2C1. The van der Waals surface area contributed by atoms with Gasteiger partial charge >= 0.3 is 5.97 Å². The van der Waals surface area contributed by atoms with Gasteiger partial charge in [-0.3, -0.25) is 38.4 Å². The number of amides is 7. The lowest BCUT2D eigenvalue weighted by Crippen LogP contribution is -2.60. The number of aliphatic hydroxyl groups excluding tert-OH is 1. The van der Waals surface area contributed by atoms with Crippen molar-refractivity contribution in [2.45, 2.75) is 95.5 Å². The number of ketones is 1. The van der Waals surface area contributed by atoms with Crippen LogP contribution in [0.1, 0.15) is 58.4 Å². The summed E-state index contributed by atoms with van der Waals surface area (Å²) in [6.07, 6.45) is 16.5. The van der Waals surface area contributed by atoms with Gasteiger partial charge in [-0.05, 0) is 44.6 Å². The van der Waals surface area contributed by atoms with Gasteiger partial charge in [-0.25, -0.2) is 4.79 Å². The van der Waals surface area contributed by atoms with Gasteiger partial charge in [0.25, 0.3) is 0 Å². The van der Waals surface area contributed by atoms with Crippen LogP contribution in [0.4, 0.5) is 0 Å². The highest BCUT2D eigenvalue weighted by atomic mass is 16.5. The first-order valence-corrected chi connectivity index (χ1v) is 21.7. The van der Waals surface area contributed by atoms with E-state index in [4.69, 9.17) is 4.74 Å². The van der Waals surface area contributed by atoms with E-state index in [0.29, 0.717) is 12.0 Å². The summed E-state index contributed by atoms with van der Waals surface area (Å²) in [5.41, 5.74) is 0.616. The Labute approximate surface area is 377 Å². The molecule has 7 amide bonds. The first-order valence-electron chi connectivity index (χ1n) is 21.7. The van der Waals surface area contributed by atoms with Crippen LogP contribution in [0.3, 0.4) is 0 Å². The molecule has 4 aliphatic rings. The van der Waals surface area contributed by atoms with Gasteiger partial charge in [0.05, 0.1) is 0 Å². The Balaban J connectivity index is 1.29. The molecular formula is C47H57N7O11. The molecule has 7 atom stereocenters. The molecule has 18 heteroatoms. The number of cyclic esters (lactones) is 1. The minimum atomic E-state index is -1.49. The van der Waals surface area contributed by atoms with Crippen molar-refractivity contribution in [2.24, 2.45) is 5.92 Å². The van der Waals surface area contributed by atoms with E-state index in [-0.39, 0.29) is 68.4 Å². The zero-order valence-corrected chi connectivity index (χ0v) is 36.9. The lowest BCUT2D eigenvalue weighted by molar-refractivity contribution is -0.158. The van der Waals surface area contributed by atoms with E-state index in [1.165, 1.54) is 59.9 Å². The number of nitrogens with zero attached hydrogens (tertiary/aromatic N) is 3. The van der Waals surface area contributed by atoms with Gasteiger partial charge in [-0.2, -0.15) is 0 Å². The van der Waals surface area contributed by atoms with E-state index in [2.05, 4.69) is 21.3 Å². The highest BCUT2D eigenvalue weighted by Crippen LogP contribution is 2.26. The van der Waals surface area contributed by atoms with Crippen molar-refractivity contribution in [3.8, 4) is 0 Å². The second-order valence-corrected chi connectivity index (χ2v) is 16.4. The zero-order valence-electron chi connectivity index (χ0n) is 36.9. The van der Waals surface area contributed by atoms with Crippen molar-refractivity contribution in [2.75, 3.05) is 26.7 Å². The number of likely N-dealkylation sites (N-methyl/N-ethyl adjacent to an activating group) is 1. The molecule has 5 rings (SSSR count). The summed E-state index contributed by atoms with van der Waals surface area (Å²) in [4.78, 5) is 124. The third-order valence-electron chi connectivity index (χ3n) is 11.5. The molecular weight excluding hydrogens is 839 g/mol. The number of rotatable bonds is 12. The van der Waals surface area contributed by atoms with E-state index in [1.54, 1.807) is 66.8 Å². The molecule has 1 aromatic carbocycles. The van der Waals surface area contributed by atoms with E-state index < -0.39 is 90.2 Å². The maximum absolute atomic E-state index is 14.4. The fraction of sp³-hybridized carbons (Fsp3) is 0.426. The fourth-order valence-corrected chi connectivity index (χ4v) is 7.85. The summed E-state index contributed by atoms with van der Waals surface area (Å²) in [6.45, 7) is 4.65. The van der Waals surface area contributed by atoms with Gasteiger partial charge in [-0.1, -0.05) is 85.9 Å². The molecule has 3 heterocycles. The Morgan fingerprint density at radius 1 is 0.831 bits per heavy atom. The van der Waals surface area contributed by atoms with Gasteiger partial charge < -0.3 is 45.8 Å². The summed E-state index contributed by atoms with van der Waals surface area (Å²) in [5.74, 6) is -5.59. The number of carbonyl (C=O) groups excluding carboxylic acids is 9. The van der Waals surface area contributed by atoms with Gasteiger partial charge in [0, 0.05) is 51.6 Å². The van der Waals surface area contributed by atoms with Crippen molar-refractivity contribution >= 4 is 53.1 Å².